The molecule has 12 aromatic rings. The summed E-state index contributed by atoms with van der Waals surface area (Å²) < 4.78 is 0. The van der Waals surface area contributed by atoms with Crippen LogP contribution in [0.15, 0.2) is 218 Å². The van der Waals surface area contributed by atoms with Gasteiger partial charge in [0.15, 0.2) is 0 Å². The molecule has 0 saturated heterocycles. The quantitative estimate of drug-likeness (QED) is 0.156. The second-order valence-corrected chi connectivity index (χ2v) is 17.9. The van der Waals surface area contributed by atoms with Gasteiger partial charge in [0.25, 0.3) is 0 Å². The fourth-order valence-corrected chi connectivity index (χ4v) is 11.3. The van der Waals surface area contributed by atoms with Crippen LogP contribution in [0.2, 0.25) is 0 Å². The highest BCUT2D eigenvalue weighted by Crippen LogP contribution is 2.52. The van der Waals surface area contributed by atoms with Gasteiger partial charge in [-0.25, -0.2) is 0 Å². The van der Waals surface area contributed by atoms with Crippen LogP contribution in [0.1, 0.15) is 25.0 Å². The molecule has 0 fully saturated rings. The maximum Gasteiger partial charge on any atom is 0.0158 e. The van der Waals surface area contributed by atoms with Crippen molar-refractivity contribution in [3.05, 3.63) is 230 Å². The molecule has 1 aliphatic rings. The lowest BCUT2D eigenvalue weighted by Gasteiger charge is -2.22. The molecule has 0 nitrogen and oxygen atoms in total. The molecule has 0 radical (unpaired) electrons. The first-order chi connectivity index (χ1) is 31.0. The Balaban J connectivity index is 1.14. The normalized spacial score (nSPS) is 13.0. The Morgan fingerprint density at radius 3 is 1.35 bits per heavy atom. The minimum Gasteiger partial charge on any atom is -0.0619 e. The van der Waals surface area contributed by atoms with Crippen LogP contribution in [0.4, 0.5) is 0 Å². The Hall–Kier alpha value is -7.80. The van der Waals surface area contributed by atoms with Gasteiger partial charge in [-0.15, -0.1) is 0 Å². The van der Waals surface area contributed by atoms with Crippen molar-refractivity contribution in [3.63, 3.8) is 0 Å². The number of fused-ring (bicyclic) bond motifs is 9. The monoisotopic (exact) mass is 798 g/mol. The summed E-state index contributed by atoms with van der Waals surface area (Å²) in [4.78, 5) is 0. The lowest BCUT2D eigenvalue weighted by atomic mass is 9.81. The van der Waals surface area contributed by atoms with Gasteiger partial charge < -0.3 is 0 Å². The fourth-order valence-electron chi connectivity index (χ4n) is 11.3. The van der Waals surface area contributed by atoms with Crippen LogP contribution in [-0.4, -0.2) is 0 Å². The lowest BCUT2D eigenvalue weighted by molar-refractivity contribution is 0.660. The summed E-state index contributed by atoms with van der Waals surface area (Å²) in [6.45, 7) is 4.73. The fraction of sp³-hybridized carbons (Fsp3) is 0.0476. The maximum absolute atomic E-state index is 2.51. The molecule has 0 aromatic heterocycles. The van der Waals surface area contributed by atoms with Gasteiger partial charge >= 0.3 is 0 Å². The Bertz CT molecular complexity index is 3820. The number of hydrogen-bond acceptors (Lipinski definition) is 0. The second-order valence-electron chi connectivity index (χ2n) is 17.9. The zero-order valence-corrected chi connectivity index (χ0v) is 35.3. The van der Waals surface area contributed by atoms with Gasteiger partial charge in [0.2, 0.25) is 0 Å². The van der Waals surface area contributed by atoms with Crippen molar-refractivity contribution >= 4 is 64.6 Å². The third kappa shape index (κ3) is 5.28. The molecule has 0 bridgehead atoms. The van der Waals surface area contributed by atoms with Crippen LogP contribution in [0.5, 0.6) is 0 Å². The summed E-state index contributed by atoms with van der Waals surface area (Å²) in [6.07, 6.45) is 0. The summed E-state index contributed by atoms with van der Waals surface area (Å²) in [5.74, 6) is 0. The van der Waals surface area contributed by atoms with E-state index in [1.165, 1.54) is 131 Å². The van der Waals surface area contributed by atoms with Crippen LogP contribution in [0.25, 0.3) is 120 Å². The van der Waals surface area contributed by atoms with E-state index in [4.69, 9.17) is 0 Å². The maximum atomic E-state index is 2.51. The molecule has 63 heavy (non-hydrogen) atoms. The Morgan fingerprint density at radius 2 is 0.667 bits per heavy atom. The van der Waals surface area contributed by atoms with Gasteiger partial charge in [-0.05, 0) is 150 Å². The zero-order valence-electron chi connectivity index (χ0n) is 35.3. The Morgan fingerprint density at radius 1 is 0.238 bits per heavy atom. The van der Waals surface area contributed by atoms with E-state index in [1.54, 1.807) is 0 Å². The van der Waals surface area contributed by atoms with E-state index < -0.39 is 0 Å². The van der Waals surface area contributed by atoms with Gasteiger partial charge in [-0.1, -0.05) is 214 Å². The first-order valence-corrected chi connectivity index (χ1v) is 22.2. The first-order valence-electron chi connectivity index (χ1n) is 22.2. The van der Waals surface area contributed by atoms with Crippen molar-refractivity contribution in [2.24, 2.45) is 0 Å². The van der Waals surface area contributed by atoms with Crippen LogP contribution >= 0.6 is 0 Å². The van der Waals surface area contributed by atoms with Crippen molar-refractivity contribution in [2.45, 2.75) is 19.3 Å². The van der Waals surface area contributed by atoms with E-state index in [1.807, 2.05) is 0 Å². The molecule has 0 spiro atoms. The van der Waals surface area contributed by atoms with Crippen LogP contribution in [0.3, 0.4) is 0 Å². The molecule has 0 unspecified atom stereocenters. The molecule has 13 rings (SSSR count). The molecule has 0 amide bonds. The topological polar surface area (TPSA) is 0 Å². The summed E-state index contributed by atoms with van der Waals surface area (Å²) in [5.41, 5.74) is 15.5. The highest BCUT2D eigenvalue weighted by atomic mass is 14.4. The van der Waals surface area contributed by atoms with E-state index in [2.05, 4.69) is 232 Å². The lowest BCUT2D eigenvalue weighted by Crippen LogP contribution is -2.14. The minimum atomic E-state index is -0.0574. The van der Waals surface area contributed by atoms with E-state index in [-0.39, 0.29) is 5.41 Å². The molecule has 0 atom stereocenters. The van der Waals surface area contributed by atoms with Crippen molar-refractivity contribution < 1.29 is 0 Å². The van der Waals surface area contributed by atoms with Crippen LogP contribution < -0.4 is 0 Å². The average Bonchev–Trinajstić information content (AvgIpc) is 3.57. The van der Waals surface area contributed by atoms with E-state index in [0.717, 1.165) is 0 Å². The predicted octanol–water partition coefficient (Wildman–Crippen LogP) is 17.6. The molecule has 0 heteroatoms. The first kappa shape index (κ1) is 35.9. The average molecular weight is 799 g/mol. The van der Waals surface area contributed by atoms with Crippen molar-refractivity contribution in [1.82, 2.24) is 0 Å². The smallest absolute Gasteiger partial charge is 0.0158 e. The summed E-state index contributed by atoms with van der Waals surface area (Å²) >= 11 is 0. The highest BCUT2D eigenvalue weighted by molar-refractivity contribution is 6.26. The van der Waals surface area contributed by atoms with Crippen molar-refractivity contribution in [3.8, 4) is 55.6 Å². The third-order valence-electron chi connectivity index (χ3n) is 14.2. The second kappa shape index (κ2) is 13.6. The molecule has 0 N–H and O–H groups in total. The van der Waals surface area contributed by atoms with Gasteiger partial charge in [0, 0.05) is 5.41 Å². The van der Waals surface area contributed by atoms with Crippen molar-refractivity contribution in [2.75, 3.05) is 0 Å². The summed E-state index contributed by atoms with van der Waals surface area (Å²) in [5, 5.41) is 15.1. The molecule has 0 heterocycles. The van der Waals surface area contributed by atoms with E-state index in [0.29, 0.717) is 0 Å². The van der Waals surface area contributed by atoms with Gasteiger partial charge in [-0.2, -0.15) is 0 Å². The molecule has 12 aromatic carbocycles. The third-order valence-corrected chi connectivity index (χ3v) is 14.2. The van der Waals surface area contributed by atoms with Gasteiger partial charge in [-0.3, -0.25) is 0 Å². The van der Waals surface area contributed by atoms with Gasteiger partial charge in [0.05, 0.1) is 0 Å². The molecule has 294 valence electrons. The molecular weight excluding hydrogens is 757 g/mol. The number of hydrogen-bond donors (Lipinski definition) is 0. The Kier molecular flexibility index (Phi) is 7.75. The molecule has 0 saturated carbocycles. The number of benzene rings is 12. The van der Waals surface area contributed by atoms with E-state index in [9.17, 15) is 0 Å². The highest BCUT2D eigenvalue weighted by Gasteiger charge is 2.35. The van der Waals surface area contributed by atoms with E-state index >= 15 is 0 Å². The molecule has 0 aliphatic heterocycles. The zero-order chi connectivity index (χ0) is 41.8. The molecule has 1 aliphatic carbocycles. The van der Waals surface area contributed by atoms with Gasteiger partial charge in [0.1, 0.15) is 0 Å². The Labute approximate surface area is 367 Å². The SMILES string of the molecule is CC1(C)c2ccccc2-c2cc(-c3c4ccccc4c(-c4ccc5ccccc5c4)c4cc(-c5c6ccccc6c(-c6cccc7ccccc67)c6ccccc56)ccc34)ccc21. The predicted molar refractivity (Wildman–Crippen MR) is 271 cm³/mol. The summed E-state index contributed by atoms with van der Waals surface area (Å²) in [6, 6.07) is 82.0. The van der Waals surface area contributed by atoms with Crippen molar-refractivity contribution in [1.29, 1.82) is 0 Å². The van der Waals surface area contributed by atoms with Crippen LogP contribution in [0, 0.1) is 0 Å². The minimum absolute atomic E-state index is 0.0574. The number of rotatable bonds is 4. The largest absolute Gasteiger partial charge is 0.0619 e. The van der Waals surface area contributed by atoms with Crippen LogP contribution in [-0.2, 0) is 5.41 Å². The standard InChI is InChI=1S/C63H42/c1-63(2)57-29-14-13-21-46(57)55-37-44(33-35-58(55)63)60-48-22-7-8-23-49(48)61(42-31-30-39-16-3-4-18-41(39)36-42)56-38-43(32-34-54(56)60)59-50-24-9-11-26-52(50)62(53-27-12-10-25-51(53)59)47-28-15-19-40-17-5-6-20-45(40)47/h3-38H,1-2H3. The summed E-state index contributed by atoms with van der Waals surface area (Å²) in [7, 11) is 0. The molecular formula is C63H42.